The molecule has 2 aliphatic heterocycles. The van der Waals surface area contributed by atoms with E-state index in [1.165, 1.54) is 27.7 Å². The maximum atomic E-state index is 12.5. The number of methoxy groups -OCH3 is 1. The Labute approximate surface area is 322 Å². The second-order valence-electron chi connectivity index (χ2n) is 14.0. The molecular weight excluding hydrogens is 730 g/mol. The highest BCUT2D eigenvalue weighted by Crippen LogP contribution is 2.42. The van der Waals surface area contributed by atoms with Crippen LogP contribution < -0.4 is 5.73 Å². The highest BCUT2D eigenvalue weighted by Gasteiger charge is 2.58. The Kier molecular flexibility index (Phi) is 18.7. The van der Waals surface area contributed by atoms with E-state index in [2.05, 4.69) is 0 Å². The Balaban J connectivity index is 0.000000550. The Bertz CT molecular complexity index is 1400. The maximum Gasteiger partial charge on any atom is 0.379 e. The number of ether oxygens (including phenoxy) is 9. The minimum Gasteiger partial charge on any atom is -0.464 e. The first-order valence-electron chi connectivity index (χ1n) is 18.2. The molecule has 0 saturated carbocycles. The van der Waals surface area contributed by atoms with E-state index in [0.29, 0.717) is 12.8 Å². The molecule has 0 spiro atoms. The quantitative estimate of drug-likeness (QED) is 0.196. The van der Waals surface area contributed by atoms with Gasteiger partial charge in [-0.05, 0) is 12.8 Å². The van der Waals surface area contributed by atoms with Crippen molar-refractivity contribution < 1.29 is 81.0 Å². The molecule has 2 fully saturated rings. The standard InChI is InChI=1S/C19H30O9.C18H29NO8/c1-8-15(25-12(4)20)10(2)17-11(3)16(26-13(5)21)9-19(28-17,18(23)24-7)27-14(6)22;1-7-14(24-11(4)20)9(2)16-10(3)15(25-12(5)21)8-18(27-16,17(19)23)26-13(6)22/h10-11,15-17H,8-9H2,1-7H3;9-10,14-16H,7-8H2,1-6H3,(H2,19,23)/t10?,11-,15?,16-,17?,19-;9?,10-,14?,15-,16?,18+/m11/s1. The van der Waals surface area contributed by atoms with Gasteiger partial charge < -0.3 is 48.4 Å². The zero-order valence-corrected chi connectivity index (χ0v) is 34.1. The molecule has 0 bridgehead atoms. The highest BCUT2D eigenvalue weighted by molar-refractivity contribution is 5.85. The van der Waals surface area contributed by atoms with E-state index in [1.807, 2.05) is 13.8 Å². The van der Waals surface area contributed by atoms with Gasteiger partial charge in [-0.1, -0.05) is 41.5 Å². The maximum absolute atomic E-state index is 12.5. The van der Waals surface area contributed by atoms with Crippen LogP contribution in [0.4, 0.5) is 0 Å². The van der Waals surface area contributed by atoms with Gasteiger partial charge in [0.15, 0.2) is 0 Å². The third-order valence-corrected chi connectivity index (χ3v) is 9.57. The van der Waals surface area contributed by atoms with Crippen LogP contribution in [0.25, 0.3) is 0 Å². The lowest BCUT2D eigenvalue weighted by Crippen LogP contribution is -2.62. The molecule has 1 amide bonds. The molecule has 2 saturated heterocycles. The van der Waals surface area contributed by atoms with E-state index in [4.69, 9.17) is 48.4 Å². The number of hydrogen-bond acceptors (Lipinski definition) is 17. The number of esters is 7. The van der Waals surface area contributed by atoms with Gasteiger partial charge in [0.2, 0.25) is 0 Å². The third kappa shape index (κ3) is 13.4. The molecule has 2 N–H and O–H groups in total. The van der Waals surface area contributed by atoms with Crippen LogP contribution in [0.3, 0.4) is 0 Å². The number of rotatable bonds is 14. The van der Waals surface area contributed by atoms with Crippen LogP contribution in [0.1, 0.15) is 109 Å². The first kappa shape index (κ1) is 48.7. The molecule has 0 aromatic carbocycles. The normalized spacial score (nSPS) is 29.5. The fourth-order valence-corrected chi connectivity index (χ4v) is 7.08. The number of amides is 1. The van der Waals surface area contributed by atoms with E-state index in [-0.39, 0.29) is 36.5 Å². The van der Waals surface area contributed by atoms with Crippen molar-refractivity contribution in [3.63, 3.8) is 0 Å². The highest BCUT2D eigenvalue weighted by atomic mass is 16.8. The molecule has 0 radical (unpaired) electrons. The molecule has 0 aromatic rings. The van der Waals surface area contributed by atoms with Crippen molar-refractivity contribution >= 4 is 47.7 Å². The number of nitrogens with two attached hydrogens (primary N) is 1. The van der Waals surface area contributed by atoms with Crippen molar-refractivity contribution in [1.29, 1.82) is 0 Å². The molecular formula is C37H59NO17. The topological polar surface area (TPSA) is 246 Å². The average molecular weight is 790 g/mol. The minimum absolute atomic E-state index is 0.201. The van der Waals surface area contributed by atoms with E-state index in [9.17, 15) is 38.4 Å². The summed E-state index contributed by atoms with van der Waals surface area (Å²) in [4.78, 5) is 93.8. The van der Waals surface area contributed by atoms with Crippen LogP contribution >= 0.6 is 0 Å². The second-order valence-corrected chi connectivity index (χ2v) is 14.0. The largest absolute Gasteiger partial charge is 0.464 e. The minimum atomic E-state index is -2.06. The Hall–Kier alpha value is -4.32. The van der Waals surface area contributed by atoms with Crippen LogP contribution in [-0.4, -0.2) is 103 Å². The van der Waals surface area contributed by atoms with Crippen molar-refractivity contribution in [2.75, 3.05) is 7.11 Å². The molecule has 2 rings (SSSR count). The Morgan fingerprint density at radius 1 is 0.618 bits per heavy atom. The molecule has 12 atom stereocenters. The zero-order chi connectivity index (χ0) is 42.6. The molecule has 6 unspecified atom stereocenters. The fraction of sp³-hybridized carbons (Fsp3) is 0.784. The summed E-state index contributed by atoms with van der Waals surface area (Å²) in [7, 11) is 1.14. The first-order valence-corrected chi connectivity index (χ1v) is 18.2. The molecule has 55 heavy (non-hydrogen) atoms. The zero-order valence-electron chi connectivity index (χ0n) is 34.1. The van der Waals surface area contributed by atoms with Crippen LogP contribution in [0.15, 0.2) is 0 Å². The van der Waals surface area contributed by atoms with Gasteiger partial charge in [-0.2, -0.15) is 0 Å². The monoisotopic (exact) mass is 789 g/mol. The SMILES string of the molecule is CCC(OC(C)=O)C(C)C1O[C@@](OC(C)=O)(C(=O)OC)C[C@@H](OC(C)=O)[C@H]1C.CCC(OC(C)=O)C(C)C1O[C@](OC(C)=O)(C(N)=O)C[C@@H](OC(C)=O)[C@H]1C. The van der Waals surface area contributed by atoms with Crippen molar-refractivity contribution in [2.24, 2.45) is 29.4 Å². The third-order valence-electron chi connectivity index (χ3n) is 9.57. The number of carbonyl (C=O) groups is 8. The smallest absolute Gasteiger partial charge is 0.379 e. The van der Waals surface area contributed by atoms with Crippen molar-refractivity contribution in [3.05, 3.63) is 0 Å². The molecule has 18 heteroatoms. The summed E-state index contributed by atoms with van der Waals surface area (Å²) in [6.45, 7) is 18.2. The number of hydrogen-bond donors (Lipinski definition) is 1. The molecule has 314 valence electrons. The van der Waals surface area contributed by atoms with Gasteiger partial charge in [0.05, 0.1) is 32.2 Å². The Morgan fingerprint density at radius 2 is 0.964 bits per heavy atom. The van der Waals surface area contributed by atoms with Gasteiger partial charge in [0, 0.05) is 65.2 Å². The van der Waals surface area contributed by atoms with Crippen LogP contribution in [0.2, 0.25) is 0 Å². The summed E-state index contributed by atoms with van der Waals surface area (Å²) in [5, 5.41) is 0. The summed E-state index contributed by atoms with van der Waals surface area (Å²) in [5.74, 6) is -11.0. The van der Waals surface area contributed by atoms with Gasteiger partial charge in [-0.15, -0.1) is 0 Å². The van der Waals surface area contributed by atoms with Gasteiger partial charge >= 0.3 is 47.6 Å². The van der Waals surface area contributed by atoms with Crippen molar-refractivity contribution in [3.8, 4) is 0 Å². The Morgan fingerprint density at radius 3 is 1.25 bits per heavy atom. The average Bonchev–Trinajstić information content (AvgIpc) is 3.06. The van der Waals surface area contributed by atoms with Gasteiger partial charge in [0.25, 0.3) is 11.7 Å². The summed E-state index contributed by atoms with van der Waals surface area (Å²) in [6, 6.07) is 0. The lowest BCUT2D eigenvalue weighted by Gasteiger charge is -2.47. The molecule has 0 aliphatic carbocycles. The summed E-state index contributed by atoms with van der Waals surface area (Å²) in [5.41, 5.74) is 5.47. The van der Waals surface area contributed by atoms with E-state index in [0.717, 1.165) is 21.0 Å². The van der Waals surface area contributed by atoms with Crippen molar-refractivity contribution in [2.45, 2.75) is 157 Å². The molecule has 2 aliphatic rings. The lowest BCUT2D eigenvalue weighted by molar-refractivity contribution is -0.302. The predicted molar refractivity (Wildman–Crippen MR) is 189 cm³/mol. The lowest BCUT2D eigenvalue weighted by atomic mass is 9.80. The van der Waals surface area contributed by atoms with Gasteiger partial charge in [0.1, 0.15) is 24.4 Å². The molecule has 18 nitrogen and oxygen atoms in total. The van der Waals surface area contributed by atoms with E-state index < -0.39 is 95.9 Å². The van der Waals surface area contributed by atoms with E-state index in [1.54, 1.807) is 27.7 Å². The summed E-state index contributed by atoms with van der Waals surface area (Å²) in [6.07, 6.45) is -3.41. The predicted octanol–water partition coefficient (Wildman–Crippen LogP) is 2.82. The first-order chi connectivity index (χ1) is 25.4. The fourth-order valence-electron chi connectivity index (χ4n) is 7.08. The van der Waals surface area contributed by atoms with Crippen LogP contribution in [-0.2, 0) is 81.0 Å². The molecule has 2 heterocycles. The number of carbonyl (C=O) groups excluding carboxylic acids is 8. The summed E-state index contributed by atoms with van der Waals surface area (Å²) < 4.78 is 48.5. The summed E-state index contributed by atoms with van der Waals surface area (Å²) >= 11 is 0. The van der Waals surface area contributed by atoms with Crippen molar-refractivity contribution in [1.82, 2.24) is 0 Å². The molecule has 0 aromatic heterocycles. The van der Waals surface area contributed by atoms with Crippen LogP contribution in [0, 0.1) is 23.7 Å². The van der Waals surface area contributed by atoms with Gasteiger partial charge in [-0.25, -0.2) is 4.79 Å². The number of primary amides is 1. The van der Waals surface area contributed by atoms with Gasteiger partial charge in [-0.3, -0.25) is 33.6 Å². The second kappa shape index (κ2) is 21.1. The van der Waals surface area contributed by atoms with E-state index >= 15 is 0 Å². The van der Waals surface area contributed by atoms with Crippen LogP contribution in [0.5, 0.6) is 0 Å².